The van der Waals surface area contributed by atoms with E-state index in [0.717, 1.165) is 44.6 Å². The summed E-state index contributed by atoms with van der Waals surface area (Å²) in [5.41, 5.74) is 7.39. The van der Waals surface area contributed by atoms with Crippen LogP contribution in [0, 0.1) is 27.7 Å². The van der Waals surface area contributed by atoms with Crippen LogP contribution >= 0.6 is 0 Å². The molecule has 0 saturated carbocycles. The number of aromatic hydroxyl groups is 2. The molecule has 0 atom stereocenters. The van der Waals surface area contributed by atoms with Crippen LogP contribution < -0.4 is 0 Å². The number of phenols is 2. The van der Waals surface area contributed by atoms with Crippen molar-refractivity contribution < 1.29 is 10.2 Å². The minimum absolute atomic E-state index is 0.345. The maximum Gasteiger partial charge on any atom is 0.121 e. The van der Waals surface area contributed by atoms with E-state index in [1.165, 1.54) is 0 Å². The van der Waals surface area contributed by atoms with E-state index in [4.69, 9.17) is 0 Å². The van der Waals surface area contributed by atoms with E-state index in [-0.39, 0.29) is 0 Å². The summed E-state index contributed by atoms with van der Waals surface area (Å²) in [6, 6.07) is 11.8. The predicted molar refractivity (Wildman–Crippen MR) is 117 cm³/mol. The lowest BCUT2D eigenvalue weighted by molar-refractivity contribution is 0.466. The van der Waals surface area contributed by atoms with Crippen molar-refractivity contribution in [3.8, 4) is 11.5 Å². The molecule has 0 aliphatic heterocycles. The van der Waals surface area contributed by atoms with E-state index >= 15 is 0 Å². The molecule has 28 heavy (non-hydrogen) atoms. The number of aromatic nitrogens is 1. The summed E-state index contributed by atoms with van der Waals surface area (Å²) in [5, 5.41) is 19.9. The summed E-state index contributed by atoms with van der Waals surface area (Å²) in [6.45, 7) is 7.60. The van der Waals surface area contributed by atoms with Gasteiger partial charge in [-0.1, -0.05) is 24.3 Å². The molecule has 2 N–H and O–H groups in total. The first-order chi connectivity index (χ1) is 13.3. The van der Waals surface area contributed by atoms with Crippen molar-refractivity contribution in [1.82, 2.24) is 4.98 Å². The summed E-state index contributed by atoms with van der Waals surface area (Å²) in [6.07, 6.45) is 9.83. The summed E-state index contributed by atoms with van der Waals surface area (Å²) in [4.78, 5) is 4.49. The molecular formula is C25H25NO2. The van der Waals surface area contributed by atoms with E-state index < -0.39 is 0 Å². The largest absolute Gasteiger partial charge is 0.507 e. The molecule has 3 heteroatoms. The van der Waals surface area contributed by atoms with Crippen LogP contribution in [0.5, 0.6) is 11.5 Å². The zero-order valence-electron chi connectivity index (χ0n) is 16.7. The van der Waals surface area contributed by atoms with Gasteiger partial charge in [0.05, 0.1) is 5.69 Å². The van der Waals surface area contributed by atoms with Crippen LogP contribution in [-0.4, -0.2) is 15.2 Å². The molecule has 3 rings (SSSR count). The van der Waals surface area contributed by atoms with Gasteiger partial charge in [0.15, 0.2) is 0 Å². The molecule has 3 nitrogen and oxygen atoms in total. The maximum atomic E-state index is 9.94. The smallest absolute Gasteiger partial charge is 0.121 e. The van der Waals surface area contributed by atoms with Crippen LogP contribution in [0.3, 0.4) is 0 Å². The number of rotatable bonds is 4. The Hall–Kier alpha value is -3.33. The molecule has 1 aromatic heterocycles. The normalized spacial score (nSPS) is 11.6. The molecule has 3 aromatic rings. The Balaban J connectivity index is 1.89. The predicted octanol–water partition coefficient (Wildman–Crippen LogP) is 6.07. The fourth-order valence-corrected chi connectivity index (χ4v) is 3.24. The Morgan fingerprint density at radius 2 is 1.14 bits per heavy atom. The van der Waals surface area contributed by atoms with Gasteiger partial charge in [0, 0.05) is 11.8 Å². The van der Waals surface area contributed by atoms with Gasteiger partial charge < -0.3 is 10.2 Å². The maximum absolute atomic E-state index is 9.94. The van der Waals surface area contributed by atoms with Gasteiger partial charge in [-0.3, -0.25) is 4.98 Å². The minimum atomic E-state index is 0.345. The number of nitrogens with zero attached hydrogens (tertiary/aromatic N) is 1. The molecule has 0 aliphatic rings. The van der Waals surface area contributed by atoms with Crippen molar-refractivity contribution in [1.29, 1.82) is 0 Å². The molecule has 142 valence electrons. The number of aryl methyl sites for hydroxylation is 4. The summed E-state index contributed by atoms with van der Waals surface area (Å²) < 4.78 is 0. The van der Waals surface area contributed by atoms with Gasteiger partial charge in [-0.15, -0.1) is 0 Å². The second-order valence-electron chi connectivity index (χ2n) is 7.15. The number of pyridine rings is 1. The molecular weight excluding hydrogens is 346 g/mol. The van der Waals surface area contributed by atoms with Gasteiger partial charge in [0.25, 0.3) is 0 Å². The third-order valence-corrected chi connectivity index (χ3v) is 4.79. The second kappa shape index (κ2) is 8.13. The average molecular weight is 371 g/mol. The van der Waals surface area contributed by atoms with E-state index in [0.29, 0.717) is 11.5 Å². The Morgan fingerprint density at radius 3 is 1.64 bits per heavy atom. The zero-order valence-corrected chi connectivity index (χ0v) is 16.7. The number of phenolic OH excluding ortho intramolecular Hbond substituents is 2. The van der Waals surface area contributed by atoms with Crippen molar-refractivity contribution in [3.63, 3.8) is 0 Å². The number of hydrogen-bond donors (Lipinski definition) is 2. The van der Waals surface area contributed by atoms with E-state index in [9.17, 15) is 10.2 Å². The van der Waals surface area contributed by atoms with Gasteiger partial charge in [-0.2, -0.15) is 0 Å². The topological polar surface area (TPSA) is 53.4 Å². The van der Waals surface area contributed by atoms with Gasteiger partial charge in [-0.05, 0) is 97.5 Å². The fourth-order valence-electron chi connectivity index (χ4n) is 3.24. The molecule has 0 bridgehead atoms. The Labute approximate surface area is 166 Å². The molecule has 0 spiro atoms. The molecule has 1 heterocycles. The summed E-state index contributed by atoms with van der Waals surface area (Å²) in [5.74, 6) is 0.694. The number of benzene rings is 2. The third kappa shape index (κ3) is 4.32. The molecule has 0 saturated heterocycles. The van der Waals surface area contributed by atoms with Crippen LogP contribution in [0.1, 0.15) is 44.6 Å². The van der Waals surface area contributed by atoms with Gasteiger partial charge in [0.2, 0.25) is 0 Å². The Morgan fingerprint density at radius 1 is 0.679 bits per heavy atom. The lowest BCUT2D eigenvalue weighted by Crippen LogP contribution is -1.87. The first-order valence-corrected chi connectivity index (χ1v) is 9.27. The fraction of sp³-hybridized carbons (Fsp3) is 0.160. The lowest BCUT2D eigenvalue weighted by atomic mass is 10.0. The van der Waals surface area contributed by atoms with Crippen molar-refractivity contribution in [3.05, 3.63) is 87.2 Å². The van der Waals surface area contributed by atoms with Crippen molar-refractivity contribution in [2.24, 2.45) is 0 Å². The first kappa shape index (κ1) is 19.4. The highest BCUT2D eigenvalue weighted by molar-refractivity contribution is 5.78. The van der Waals surface area contributed by atoms with E-state index in [1.54, 1.807) is 6.20 Å². The van der Waals surface area contributed by atoms with Gasteiger partial charge in [-0.25, -0.2) is 0 Å². The number of hydrogen-bond acceptors (Lipinski definition) is 3. The molecule has 0 radical (unpaired) electrons. The Bertz CT molecular complexity index is 945. The van der Waals surface area contributed by atoms with Crippen LogP contribution in [0.2, 0.25) is 0 Å². The van der Waals surface area contributed by atoms with Crippen LogP contribution in [0.4, 0.5) is 0 Å². The van der Waals surface area contributed by atoms with Crippen LogP contribution in [-0.2, 0) is 0 Å². The standard InChI is InChI=1S/C25H25NO2/c1-16-12-20(13-17(2)24(16)27)7-9-22-6-5-11-26-23(22)10-8-21-14-18(3)25(28)19(4)15-21/h5-15,27-28H,1-4H3/b9-7+,10-8+. The highest BCUT2D eigenvalue weighted by atomic mass is 16.3. The average Bonchev–Trinajstić information content (AvgIpc) is 2.67. The summed E-state index contributed by atoms with van der Waals surface area (Å²) in [7, 11) is 0. The second-order valence-corrected chi connectivity index (χ2v) is 7.15. The summed E-state index contributed by atoms with van der Waals surface area (Å²) >= 11 is 0. The highest BCUT2D eigenvalue weighted by Crippen LogP contribution is 2.25. The van der Waals surface area contributed by atoms with E-state index in [1.807, 2.05) is 88.4 Å². The van der Waals surface area contributed by atoms with Crippen LogP contribution in [0.25, 0.3) is 24.3 Å². The van der Waals surface area contributed by atoms with Gasteiger partial charge >= 0.3 is 0 Å². The Kier molecular flexibility index (Phi) is 5.65. The van der Waals surface area contributed by atoms with Crippen LogP contribution in [0.15, 0.2) is 42.6 Å². The monoisotopic (exact) mass is 371 g/mol. The highest BCUT2D eigenvalue weighted by Gasteiger charge is 2.03. The zero-order chi connectivity index (χ0) is 20.3. The van der Waals surface area contributed by atoms with Gasteiger partial charge in [0.1, 0.15) is 11.5 Å². The molecule has 0 amide bonds. The van der Waals surface area contributed by atoms with Crippen molar-refractivity contribution in [2.45, 2.75) is 27.7 Å². The molecule has 0 unspecified atom stereocenters. The third-order valence-electron chi connectivity index (χ3n) is 4.79. The van der Waals surface area contributed by atoms with E-state index in [2.05, 4.69) is 4.98 Å². The lowest BCUT2D eigenvalue weighted by Gasteiger charge is -2.06. The first-order valence-electron chi connectivity index (χ1n) is 9.27. The molecule has 0 aliphatic carbocycles. The minimum Gasteiger partial charge on any atom is -0.507 e. The van der Waals surface area contributed by atoms with Crippen molar-refractivity contribution >= 4 is 24.3 Å². The quantitative estimate of drug-likeness (QED) is 0.585. The molecule has 2 aromatic carbocycles. The van der Waals surface area contributed by atoms with Crippen molar-refractivity contribution in [2.75, 3.05) is 0 Å². The SMILES string of the molecule is Cc1cc(/C=C/c2cccnc2/C=C/c2cc(C)c(O)c(C)c2)cc(C)c1O. The molecule has 0 fully saturated rings.